The van der Waals surface area contributed by atoms with Crippen LogP contribution in [0, 0.1) is 5.92 Å². The van der Waals surface area contributed by atoms with Crippen molar-refractivity contribution < 1.29 is 0 Å². The summed E-state index contributed by atoms with van der Waals surface area (Å²) in [4.78, 5) is 4.65. The lowest BCUT2D eigenvalue weighted by Gasteiger charge is -2.22. The highest BCUT2D eigenvalue weighted by Gasteiger charge is 2.21. The summed E-state index contributed by atoms with van der Waals surface area (Å²) in [6.45, 7) is 0. The molecule has 19 rings (SSSR count). The molecular weight excluding hydrogens is 1530 g/mol. The Kier molecular flexibility index (Phi) is 70.9. The van der Waals surface area contributed by atoms with Crippen LogP contribution in [0.5, 0.6) is 0 Å². The third kappa shape index (κ3) is 40.5. The van der Waals surface area contributed by atoms with Gasteiger partial charge in [0.2, 0.25) is 0 Å². The van der Waals surface area contributed by atoms with Crippen LogP contribution in [0.25, 0.3) is 88.1 Å². The van der Waals surface area contributed by atoms with Crippen molar-refractivity contribution in [3.63, 3.8) is 0 Å². The molecule has 0 bridgehead atoms. The van der Waals surface area contributed by atoms with Crippen LogP contribution < -0.4 is 80.3 Å². The van der Waals surface area contributed by atoms with Gasteiger partial charge in [-0.25, -0.2) is 0 Å². The highest BCUT2D eigenvalue weighted by Crippen LogP contribution is 2.40. The molecule has 0 spiro atoms. The molecule has 3 aliphatic carbocycles. The van der Waals surface area contributed by atoms with Crippen molar-refractivity contribution >= 4 is 66.1 Å². The summed E-state index contributed by atoms with van der Waals surface area (Å²) < 4.78 is 0. The summed E-state index contributed by atoms with van der Waals surface area (Å²) in [5.74, 6) is 0.495. The summed E-state index contributed by atoms with van der Waals surface area (Å²) in [6, 6.07) is 129. The molecule has 0 fully saturated rings. The molecule has 1 aliphatic heterocycles. The van der Waals surface area contributed by atoms with E-state index in [4.69, 9.17) is 0 Å². The molecule has 662 valence electrons. The molecule has 1 atom stereocenters. The Morgan fingerprint density at radius 1 is 0.256 bits per heavy atom. The maximum atomic E-state index is 4.65. The molecule has 0 amide bonds. The lowest BCUT2D eigenvalue weighted by molar-refractivity contribution is 0.832. The number of nitrogens with zero attached hydrogens (tertiary/aromatic N) is 1. The number of fused-ring (bicyclic) bond motifs is 5. The van der Waals surface area contributed by atoms with E-state index < -0.39 is 0 Å². The molecule has 28 N–H and O–H groups in total. The van der Waals surface area contributed by atoms with Crippen LogP contribution in [-0.4, -0.2) is 104 Å². The predicted molar refractivity (Wildman–Crippen MR) is 560 cm³/mol. The van der Waals surface area contributed by atoms with Crippen molar-refractivity contribution in [1.82, 2.24) is 0 Å². The first-order valence-electron chi connectivity index (χ1n) is 41.8. The summed E-state index contributed by atoms with van der Waals surface area (Å²) in [5.41, 5.74) is 82.9. The summed E-state index contributed by atoms with van der Waals surface area (Å²) in [5, 5.41) is 10.7. The van der Waals surface area contributed by atoms with Crippen LogP contribution in [0.4, 0.5) is 5.69 Å². The maximum absolute atomic E-state index is 4.65. The fourth-order valence-electron chi connectivity index (χ4n) is 12.8. The minimum Gasteiger partial charge on any atom is -0.333 e. The van der Waals surface area contributed by atoms with Crippen LogP contribution >= 0.6 is 0 Å². The van der Waals surface area contributed by atoms with Crippen molar-refractivity contribution in [3.05, 3.63) is 440 Å². The number of allylic oxidation sites excluding steroid dienone is 7. The fraction of sp³-hybridized carbons (Fsp3) is 0.173. The second kappa shape index (κ2) is 77.5. The number of benzene rings is 15. The number of rotatable bonds is 5. The highest BCUT2D eigenvalue weighted by molar-refractivity contribution is 6.04. The van der Waals surface area contributed by atoms with E-state index in [-0.39, 0.29) is 0 Å². The highest BCUT2D eigenvalue weighted by atomic mass is 14.8. The van der Waals surface area contributed by atoms with E-state index in [1.165, 1.54) is 220 Å². The first-order valence-corrected chi connectivity index (χ1v) is 41.8. The molecule has 15 nitrogen and oxygen atoms in total. The number of para-hydroxylation sites is 1. The quantitative estimate of drug-likeness (QED) is 0.0713. The van der Waals surface area contributed by atoms with Crippen molar-refractivity contribution in [3.8, 4) is 33.4 Å². The summed E-state index contributed by atoms with van der Waals surface area (Å²) >= 11 is 0. The standard InChI is InChI=1S/C18H14.C16H12.C14H10.C13H11N.C13H12.C12H10.C10H8.14CH5N/c1-3-7-15(8-4-1)17-11-13-18(14-12-17)16-9-5-2-6-10-16;1-3-11-7-9-13-5-2-6-14-10-8-12(4-1)15(11)16(13)14;1-2-6-12-10-14-8-4-3-7-13(14)9-11(12)5-1;1-3-7-12-10(5-1)9-11-6-2-4-8-13(11)14-12;1-3-7-12(8-4-1)11-13-9-5-2-6-10-13;1-3-7-11(8-4-1)12-9-5-2-6-10-12;1-2-6-10-8-4-3-7-9(10)5-1;14*1-2/h1-14H;1-5,7,9-10H,6,8H2;1-10H;1-8,10H,9H2;1-10H,11H2;1-10H;1-8H;14*2H2,1H3. The van der Waals surface area contributed by atoms with Gasteiger partial charge in [-0.3, -0.25) is 4.99 Å². The summed E-state index contributed by atoms with van der Waals surface area (Å²) in [7, 11) is 21.0. The van der Waals surface area contributed by atoms with Gasteiger partial charge in [-0.05, 0) is 264 Å². The molecule has 1 heterocycles. The molecule has 0 saturated heterocycles. The lowest BCUT2D eigenvalue weighted by atomic mass is 9.82. The molecule has 125 heavy (non-hydrogen) atoms. The average molecular weight is 1680 g/mol. The van der Waals surface area contributed by atoms with Crippen LogP contribution in [0.2, 0.25) is 0 Å². The third-order valence-corrected chi connectivity index (χ3v) is 17.8. The van der Waals surface area contributed by atoms with Gasteiger partial charge in [0, 0.05) is 11.6 Å². The van der Waals surface area contributed by atoms with E-state index in [0.717, 1.165) is 31.4 Å². The Hall–Kier alpha value is -12.6. The van der Waals surface area contributed by atoms with Gasteiger partial charge in [0.15, 0.2) is 0 Å². The van der Waals surface area contributed by atoms with E-state index in [2.05, 4.69) is 468 Å². The number of hydrogen-bond donors (Lipinski definition) is 14. The van der Waals surface area contributed by atoms with Crippen LogP contribution in [0.3, 0.4) is 0 Å². The van der Waals surface area contributed by atoms with Crippen LogP contribution in [-0.2, 0) is 19.3 Å². The van der Waals surface area contributed by atoms with Crippen molar-refractivity contribution in [2.75, 3.05) is 98.7 Å². The van der Waals surface area contributed by atoms with Crippen molar-refractivity contribution in [1.29, 1.82) is 0 Å². The molecule has 15 aromatic rings. The van der Waals surface area contributed by atoms with E-state index in [0.29, 0.717) is 5.92 Å². The smallest absolute Gasteiger partial charge is 0.0665 e. The normalized spacial score (nSPS) is 10.7. The van der Waals surface area contributed by atoms with Gasteiger partial charge in [-0.1, -0.05) is 388 Å². The zero-order valence-corrected chi connectivity index (χ0v) is 76.7. The molecule has 15 aromatic carbocycles. The average Bonchev–Trinajstić information content (AvgIpc) is 0.749. The van der Waals surface area contributed by atoms with Gasteiger partial charge in [0.25, 0.3) is 0 Å². The largest absolute Gasteiger partial charge is 0.333 e. The Morgan fingerprint density at radius 2 is 0.560 bits per heavy atom. The summed E-state index contributed by atoms with van der Waals surface area (Å²) in [6.07, 6.45) is 19.7. The van der Waals surface area contributed by atoms with Gasteiger partial charge in [-0.2, -0.15) is 0 Å². The van der Waals surface area contributed by atoms with Crippen LogP contribution in [0.15, 0.2) is 411 Å². The molecule has 0 radical (unpaired) electrons. The van der Waals surface area contributed by atoms with Gasteiger partial charge in [0.1, 0.15) is 0 Å². The van der Waals surface area contributed by atoms with Gasteiger partial charge in [-0.15, -0.1) is 0 Å². The lowest BCUT2D eigenvalue weighted by Crippen LogP contribution is -2.18. The van der Waals surface area contributed by atoms with Gasteiger partial charge >= 0.3 is 0 Å². The predicted octanol–water partition coefficient (Wildman–Crippen LogP) is 19.8. The Labute approximate surface area is 750 Å². The molecular formula is C110H147N15. The van der Waals surface area contributed by atoms with Gasteiger partial charge in [0.05, 0.1) is 5.69 Å². The van der Waals surface area contributed by atoms with Crippen LogP contribution in [0.1, 0.15) is 39.8 Å². The first-order chi connectivity index (χ1) is 62.1. The second-order valence-corrected chi connectivity index (χ2v) is 24.4. The SMILES string of the molecule is C1=CC2=Nc3ccccc3CC2C=C1.C1=Cc2ccc3cccc4c3c2C(=CC4)C1.CN.CN.CN.CN.CN.CN.CN.CN.CN.CN.CN.CN.CN.CN.c1ccc(-c2ccc(-c3ccccc3)cc2)cc1.c1ccc(-c2ccccc2)cc1.c1ccc(Cc2ccccc2)cc1.c1ccc2cc3ccccc3cc2c1.c1ccc2ccccc2c1. The third-order valence-electron chi connectivity index (χ3n) is 17.8. The van der Waals surface area contributed by atoms with Crippen molar-refractivity contribution in [2.24, 2.45) is 91.2 Å². The topological polar surface area (TPSA) is 377 Å². The van der Waals surface area contributed by atoms with E-state index in [1.54, 1.807) is 0 Å². The van der Waals surface area contributed by atoms with E-state index >= 15 is 0 Å². The minimum absolute atomic E-state index is 0.495. The number of nitrogens with two attached hydrogens (primary N) is 14. The first kappa shape index (κ1) is 114. The molecule has 4 aliphatic rings. The number of aliphatic imine (C=N–C) groups is 1. The monoisotopic (exact) mass is 1680 g/mol. The van der Waals surface area contributed by atoms with Gasteiger partial charge < -0.3 is 80.3 Å². The van der Waals surface area contributed by atoms with Crippen molar-refractivity contribution in [2.45, 2.75) is 25.7 Å². The second-order valence-electron chi connectivity index (χ2n) is 24.4. The Morgan fingerprint density at radius 3 is 0.928 bits per heavy atom. The minimum atomic E-state index is 0.495. The zero-order valence-electron chi connectivity index (χ0n) is 76.7. The maximum Gasteiger partial charge on any atom is 0.0665 e. The molecule has 15 heteroatoms. The fourth-order valence-corrected chi connectivity index (χ4v) is 12.8. The number of hydrogen-bond acceptors (Lipinski definition) is 15. The Balaban J connectivity index is 0. The van der Waals surface area contributed by atoms with E-state index in [1.807, 2.05) is 30.3 Å². The Bertz CT molecular complexity index is 4920. The molecule has 0 aromatic heterocycles. The van der Waals surface area contributed by atoms with E-state index in [9.17, 15) is 0 Å². The zero-order chi connectivity index (χ0) is 93.5. The molecule has 0 saturated carbocycles. The molecule has 1 unspecified atom stereocenters.